The third-order valence-electron chi connectivity index (χ3n) is 1.10. The van der Waals surface area contributed by atoms with Gasteiger partial charge in [-0.2, -0.15) is 0 Å². The molecule has 0 amide bonds. The van der Waals surface area contributed by atoms with E-state index in [0.29, 0.717) is 0 Å². The van der Waals surface area contributed by atoms with Crippen molar-refractivity contribution in [1.82, 2.24) is 5.32 Å². The summed E-state index contributed by atoms with van der Waals surface area (Å²) in [5, 5.41) is 2.04. The fraction of sp³-hybridized carbons (Fsp3) is 1.00. The maximum absolute atomic E-state index is 10.4. The van der Waals surface area contributed by atoms with Crippen molar-refractivity contribution in [2.24, 2.45) is 0 Å². The van der Waals surface area contributed by atoms with E-state index in [2.05, 4.69) is 0 Å². The van der Waals surface area contributed by atoms with Crippen LogP contribution in [-0.4, -0.2) is 31.6 Å². The molecule has 0 spiro atoms. The van der Waals surface area contributed by atoms with Gasteiger partial charge in [-0.1, -0.05) is 0 Å². The monoisotopic (exact) mass is 219 g/mol. The highest BCUT2D eigenvalue weighted by molar-refractivity contribution is 7.53. The molecule has 0 fully saturated rings. The quantitative estimate of drug-likeness (QED) is 0.393. The Morgan fingerprint density at radius 2 is 1.67 bits per heavy atom. The lowest BCUT2D eigenvalue weighted by atomic mass is 10.8. The van der Waals surface area contributed by atoms with Crippen molar-refractivity contribution in [2.45, 2.75) is 12.7 Å². The Morgan fingerprint density at radius 3 is 1.92 bits per heavy atom. The molecule has 5 N–H and O–H groups in total. The summed E-state index contributed by atoms with van der Waals surface area (Å²) in [5.41, 5.74) is 0. The lowest BCUT2D eigenvalue weighted by molar-refractivity contribution is 0.346. The molecular formula is C3H11NO6P2. The van der Waals surface area contributed by atoms with Crippen molar-refractivity contribution >= 4 is 15.2 Å². The van der Waals surface area contributed by atoms with Crippen LogP contribution in [0.4, 0.5) is 0 Å². The second-order valence-corrected chi connectivity index (χ2v) is 5.89. The molecule has 12 heavy (non-hydrogen) atoms. The van der Waals surface area contributed by atoms with Gasteiger partial charge in [0.25, 0.3) is 0 Å². The lowest BCUT2D eigenvalue weighted by Gasteiger charge is -2.15. The second-order valence-electron chi connectivity index (χ2n) is 2.29. The topological polar surface area (TPSA) is 127 Å². The average Bonchev–Trinajstić information content (AvgIpc) is 1.78. The molecule has 0 aromatic heterocycles. The predicted octanol–water partition coefficient (Wildman–Crippen LogP) is -0.765. The first-order chi connectivity index (χ1) is 5.13. The van der Waals surface area contributed by atoms with E-state index in [0.717, 1.165) is 6.92 Å². The minimum atomic E-state index is -4.30. The first-order valence-electron chi connectivity index (χ1n) is 2.96. The zero-order chi connectivity index (χ0) is 9.99. The molecule has 0 aromatic carbocycles. The van der Waals surface area contributed by atoms with E-state index in [1.54, 1.807) is 0 Å². The van der Waals surface area contributed by atoms with Gasteiger partial charge in [-0.25, -0.2) is 0 Å². The Bertz CT molecular complexity index is 229. The van der Waals surface area contributed by atoms with E-state index < -0.39 is 27.3 Å². The Balaban J connectivity index is 3.97. The summed E-state index contributed by atoms with van der Waals surface area (Å²) in [6.45, 7) is 1.15. The van der Waals surface area contributed by atoms with E-state index in [1.165, 1.54) is 0 Å². The van der Waals surface area contributed by atoms with Crippen LogP contribution in [0.25, 0.3) is 0 Å². The molecule has 0 bridgehead atoms. The van der Waals surface area contributed by atoms with Crippen LogP contribution in [0.3, 0.4) is 0 Å². The summed E-state index contributed by atoms with van der Waals surface area (Å²) in [5.74, 6) is -1.25. The number of hydrogen-bond acceptors (Lipinski definition) is 3. The SMILES string of the molecule is CC(NCP(=O)(O)O)P(=O)(O)O. The summed E-state index contributed by atoms with van der Waals surface area (Å²) in [6, 6.07) is 0. The molecule has 0 aliphatic heterocycles. The Hall–Kier alpha value is 0.260. The van der Waals surface area contributed by atoms with Crippen molar-refractivity contribution in [1.29, 1.82) is 0 Å². The number of rotatable bonds is 4. The van der Waals surface area contributed by atoms with Crippen molar-refractivity contribution in [3.8, 4) is 0 Å². The van der Waals surface area contributed by atoms with Crippen LogP contribution in [-0.2, 0) is 9.13 Å². The standard InChI is InChI=1S/C3H11NO6P2/c1-3(12(8,9)10)4-2-11(5,6)7/h3-4H,2H2,1H3,(H2,5,6,7)(H2,8,9,10). The van der Waals surface area contributed by atoms with E-state index in [1.807, 2.05) is 5.32 Å². The van der Waals surface area contributed by atoms with Gasteiger partial charge >= 0.3 is 15.2 Å². The minimum Gasteiger partial charge on any atom is -0.324 e. The molecule has 1 atom stereocenters. The van der Waals surface area contributed by atoms with E-state index in [-0.39, 0.29) is 0 Å². The van der Waals surface area contributed by atoms with Crippen LogP contribution in [0.2, 0.25) is 0 Å². The smallest absolute Gasteiger partial charge is 0.324 e. The molecule has 1 unspecified atom stereocenters. The third-order valence-corrected chi connectivity index (χ3v) is 2.88. The van der Waals surface area contributed by atoms with Gasteiger partial charge in [0, 0.05) is 0 Å². The third kappa shape index (κ3) is 5.85. The van der Waals surface area contributed by atoms with E-state index in [4.69, 9.17) is 19.6 Å². The number of nitrogens with one attached hydrogen (secondary N) is 1. The van der Waals surface area contributed by atoms with Gasteiger partial charge in [-0.05, 0) is 6.92 Å². The zero-order valence-corrected chi connectivity index (χ0v) is 8.07. The Kier molecular flexibility index (Phi) is 4.07. The molecule has 0 aliphatic rings. The van der Waals surface area contributed by atoms with Crippen molar-refractivity contribution in [3.63, 3.8) is 0 Å². The Morgan fingerprint density at radius 1 is 1.25 bits per heavy atom. The van der Waals surface area contributed by atoms with E-state index >= 15 is 0 Å². The molecule has 0 aromatic rings. The van der Waals surface area contributed by atoms with Gasteiger partial charge in [0.05, 0.1) is 6.29 Å². The Labute approximate surface area is 69.1 Å². The number of hydrogen-bond donors (Lipinski definition) is 5. The van der Waals surface area contributed by atoms with Gasteiger partial charge in [-0.15, -0.1) is 0 Å². The average molecular weight is 219 g/mol. The van der Waals surface area contributed by atoms with Crippen molar-refractivity contribution in [3.05, 3.63) is 0 Å². The molecule has 0 radical (unpaired) electrons. The summed E-state index contributed by atoms with van der Waals surface area (Å²) in [7, 11) is -8.54. The first-order valence-corrected chi connectivity index (χ1v) is 6.44. The van der Waals surface area contributed by atoms with Crippen LogP contribution in [0, 0.1) is 0 Å². The molecule has 0 heterocycles. The highest BCUT2D eigenvalue weighted by Crippen LogP contribution is 2.41. The normalized spacial score (nSPS) is 16.1. The summed E-state index contributed by atoms with van der Waals surface area (Å²) < 4.78 is 20.7. The fourth-order valence-electron chi connectivity index (χ4n) is 0.370. The fourth-order valence-corrected chi connectivity index (χ4v) is 1.35. The highest BCUT2D eigenvalue weighted by atomic mass is 31.2. The molecule has 0 saturated carbocycles. The molecule has 0 saturated heterocycles. The van der Waals surface area contributed by atoms with Crippen LogP contribution in [0.1, 0.15) is 6.92 Å². The maximum Gasteiger partial charge on any atom is 0.342 e. The van der Waals surface area contributed by atoms with Crippen molar-refractivity contribution in [2.75, 3.05) is 6.29 Å². The molecule has 9 heteroatoms. The first kappa shape index (κ1) is 12.3. The summed E-state index contributed by atoms with van der Waals surface area (Å²) >= 11 is 0. The second kappa shape index (κ2) is 3.98. The highest BCUT2D eigenvalue weighted by Gasteiger charge is 2.25. The minimum absolute atomic E-state index is 0.737. The molecular weight excluding hydrogens is 208 g/mol. The van der Waals surface area contributed by atoms with Gasteiger partial charge in [0.15, 0.2) is 0 Å². The van der Waals surface area contributed by atoms with Crippen LogP contribution >= 0.6 is 15.2 Å². The molecule has 74 valence electrons. The van der Waals surface area contributed by atoms with Crippen LogP contribution in [0.5, 0.6) is 0 Å². The molecule has 0 aliphatic carbocycles. The predicted molar refractivity (Wildman–Crippen MR) is 41.6 cm³/mol. The van der Waals surface area contributed by atoms with E-state index in [9.17, 15) is 9.13 Å². The lowest BCUT2D eigenvalue weighted by Crippen LogP contribution is -2.26. The largest absolute Gasteiger partial charge is 0.342 e. The van der Waals surface area contributed by atoms with Crippen LogP contribution < -0.4 is 5.32 Å². The van der Waals surface area contributed by atoms with Gasteiger partial charge in [0.2, 0.25) is 0 Å². The molecule has 7 nitrogen and oxygen atoms in total. The van der Waals surface area contributed by atoms with Gasteiger partial charge in [-0.3, -0.25) is 14.4 Å². The van der Waals surface area contributed by atoms with Gasteiger partial charge in [0.1, 0.15) is 5.78 Å². The summed E-state index contributed by atoms with van der Waals surface area (Å²) in [6.07, 6.45) is -0.737. The maximum atomic E-state index is 10.4. The van der Waals surface area contributed by atoms with Crippen LogP contribution in [0.15, 0.2) is 0 Å². The van der Waals surface area contributed by atoms with Gasteiger partial charge < -0.3 is 19.6 Å². The zero-order valence-electron chi connectivity index (χ0n) is 6.28. The summed E-state index contributed by atoms with van der Waals surface area (Å²) in [4.78, 5) is 33.6. The molecule has 0 rings (SSSR count). The van der Waals surface area contributed by atoms with Crippen molar-refractivity contribution < 1.29 is 28.7 Å².